The molecule has 2 atom stereocenters. The number of nitrogens with one attached hydrogen (secondary N) is 1. The highest BCUT2D eigenvalue weighted by molar-refractivity contribution is 5.88. The molecular formula is C21H17F6N3O3. The van der Waals surface area contributed by atoms with Gasteiger partial charge in [0.2, 0.25) is 12.1 Å². The summed E-state index contributed by atoms with van der Waals surface area (Å²) in [6.07, 6.45) is -13.4. The molecule has 3 rings (SSSR count). The average molecular weight is 473 g/mol. The molecule has 0 unspecified atom stereocenters. The third kappa shape index (κ3) is 5.87. The fourth-order valence-corrected chi connectivity index (χ4v) is 3.27. The maximum absolute atomic E-state index is 13.5. The normalized spacial score (nSPS) is 18.7. The highest BCUT2D eigenvalue weighted by Crippen LogP contribution is 2.39. The van der Waals surface area contributed by atoms with Crippen LogP contribution in [0.1, 0.15) is 18.1 Å². The number of alkyl halides is 6. The lowest BCUT2D eigenvalue weighted by Crippen LogP contribution is -2.42. The molecule has 33 heavy (non-hydrogen) atoms. The SMILES string of the molecule is CC(=O)Nc1ccc(OC[C@@H]2CN(c3ccc(C#N)c(C(F)(F)F)c3)[C@H](C(F)(F)F)O2)cc1. The van der Waals surface area contributed by atoms with Crippen molar-refractivity contribution in [2.45, 2.75) is 31.6 Å². The van der Waals surface area contributed by atoms with Crippen molar-refractivity contribution >= 4 is 17.3 Å². The van der Waals surface area contributed by atoms with Crippen molar-refractivity contribution in [2.75, 3.05) is 23.4 Å². The quantitative estimate of drug-likeness (QED) is 0.637. The summed E-state index contributed by atoms with van der Waals surface area (Å²) in [7, 11) is 0. The lowest BCUT2D eigenvalue weighted by molar-refractivity contribution is -0.215. The Bertz CT molecular complexity index is 1050. The van der Waals surface area contributed by atoms with Crippen molar-refractivity contribution in [3.63, 3.8) is 0 Å². The number of hydrogen-bond acceptors (Lipinski definition) is 5. The van der Waals surface area contributed by atoms with Crippen LogP contribution in [0.2, 0.25) is 0 Å². The fourth-order valence-electron chi connectivity index (χ4n) is 3.27. The van der Waals surface area contributed by atoms with E-state index in [1.807, 2.05) is 0 Å². The van der Waals surface area contributed by atoms with Crippen LogP contribution in [0.5, 0.6) is 5.75 Å². The second kappa shape index (κ2) is 9.19. The highest BCUT2D eigenvalue weighted by Gasteiger charge is 2.51. The largest absolute Gasteiger partial charge is 0.491 e. The molecular weight excluding hydrogens is 456 g/mol. The highest BCUT2D eigenvalue weighted by atomic mass is 19.4. The number of hydrogen-bond donors (Lipinski definition) is 1. The van der Waals surface area contributed by atoms with Crippen LogP contribution in [0.4, 0.5) is 37.7 Å². The summed E-state index contributed by atoms with van der Waals surface area (Å²) in [6, 6.07) is 9.79. The lowest BCUT2D eigenvalue weighted by Gasteiger charge is -2.27. The summed E-state index contributed by atoms with van der Waals surface area (Å²) >= 11 is 0. The molecule has 0 aromatic heterocycles. The predicted octanol–water partition coefficient (Wildman–Crippen LogP) is 4.71. The number of halogens is 6. The minimum absolute atomic E-state index is 0.280. The van der Waals surface area contributed by atoms with Crippen LogP contribution < -0.4 is 15.0 Å². The third-order valence-corrected chi connectivity index (χ3v) is 4.66. The van der Waals surface area contributed by atoms with Crippen molar-refractivity contribution in [1.29, 1.82) is 5.26 Å². The first-order valence-electron chi connectivity index (χ1n) is 9.49. The molecule has 2 aromatic carbocycles. The van der Waals surface area contributed by atoms with Crippen molar-refractivity contribution in [1.82, 2.24) is 0 Å². The number of benzene rings is 2. The second-order valence-corrected chi connectivity index (χ2v) is 7.16. The van der Waals surface area contributed by atoms with Crippen LogP contribution in [0.25, 0.3) is 0 Å². The Balaban J connectivity index is 1.77. The Morgan fingerprint density at radius 1 is 1.18 bits per heavy atom. The van der Waals surface area contributed by atoms with Crippen LogP contribution in [0.15, 0.2) is 42.5 Å². The van der Waals surface area contributed by atoms with Crippen molar-refractivity contribution in [3.05, 3.63) is 53.6 Å². The van der Waals surface area contributed by atoms with Crippen molar-refractivity contribution < 1.29 is 40.6 Å². The molecule has 1 aliphatic rings. The Kier molecular flexibility index (Phi) is 6.73. The summed E-state index contributed by atoms with van der Waals surface area (Å²) in [5, 5.41) is 11.4. The molecule has 0 bridgehead atoms. The third-order valence-electron chi connectivity index (χ3n) is 4.66. The van der Waals surface area contributed by atoms with Crippen LogP contribution >= 0.6 is 0 Å². The molecule has 0 radical (unpaired) electrons. The van der Waals surface area contributed by atoms with Crippen LogP contribution in [-0.4, -0.2) is 37.6 Å². The van der Waals surface area contributed by atoms with E-state index < -0.39 is 42.4 Å². The first kappa shape index (κ1) is 24.2. The van der Waals surface area contributed by atoms with Crippen molar-refractivity contribution in [2.24, 2.45) is 0 Å². The van der Waals surface area contributed by atoms with Gasteiger partial charge in [-0.2, -0.15) is 31.6 Å². The van der Waals surface area contributed by atoms with Gasteiger partial charge in [-0.15, -0.1) is 0 Å². The van der Waals surface area contributed by atoms with E-state index in [2.05, 4.69) is 5.32 Å². The Morgan fingerprint density at radius 2 is 1.85 bits per heavy atom. The summed E-state index contributed by atoms with van der Waals surface area (Å²) in [6.45, 7) is 0.637. The molecule has 6 nitrogen and oxygen atoms in total. The van der Waals surface area contributed by atoms with Gasteiger partial charge in [0.15, 0.2) is 0 Å². The van der Waals surface area contributed by atoms with Crippen LogP contribution in [-0.2, 0) is 15.7 Å². The fraction of sp³-hybridized carbons (Fsp3) is 0.333. The van der Waals surface area contributed by atoms with Gasteiger partial charge in [-0.05, 0) is 42.5 Å². The standard InChI is InChI=1S/C21H17F6N3O3/c1-12(31)29-14-3-6-16(7-4-14)32-11-17-10-30(19(33-17)21(25,26)27)15-5-2-13(9-28)18(8-15)20(22,23)24/h2-8,17,19H,10-11H2,1H3,(H,29,31)/t17-,19-/m0/s1. The molecule has 12 heteroatoms. The van der Waals surface area contributed by atoms with E-state index in [-0.39, 0.29) is 18.2 Å². The predicted molar refractivity (Wildman–Crippen MR) is 104 cm³/mol. The molecule has 1 heterocycles. The minimum atomic E-state index is -4.92. The summed E-state index contributed by atoms with van der Waals surface area (Å²) in [4.78, 5) is 11.7. The first-order valence-corrected chi connectivity index (χ1v) is 9.49. The number of rotatable bonds is 5. The zero-order valence-electron chi connectivity index (χ0n) is 17.0. The number of nitrogens with zero attached hydrogens (tertiary/aromatic N) is 2. The summed E-state index contributed by atoms with van der Waals surface area (Å²) in [5.74, 6) is 0.0187. The van der Waals surface area contributed by atoms with Gasteiger partial charge in [0.05, 0.1) is 23.7 Å². The average Bonchev–Trinajstić information content (AvgIpc) is 3.17. The van der Waals surface area contributed by atoms with Gasteiger partial charge in [-0.25, -0.2) is 0 Å². The van der Waals surface area contributed by atoms with Gasteiger partial charge in [-0.3, -0.25) is 4.79 Å². The number of carbonyl (C=O) groups excluding carboxylic acids is 1. The molecule has 176 valence electrons. The maximum Gasteiger partial charge on any atom is 0.433 e. The maximum atomic E-state index is 13.5. The van der Waals surface area contributed by atoms with E-state index in [1.165, 1.54) is 37.3 Å². The van der Waals surface area contributed by atoms with Crippen molar-refractivity contribution in [3.8, 4) is 11.8 Å². The van der Waals surface area contributed by atoms with Gasteiger partial charge in [0, 0.05) is 18.3 Å². The van der Waals surface area contributed by atoms with E-state index in [0.717, 1.165) is 12.1 Å². The van der Waals surface area contributed by atoms with E-state index in [9.17, 15) is 31.1 Å². The number of carbonyl (C=O) groups is 1. The minimum Gasteiger partial charge on any atom is -0.491 e. The lowest BCUT2D eigenvalue weighted by atomic mass is 10.1. The molecule has 1 N–H and O–H groups in total. The topological polar surface area (TPSA) is 74.6 Å². The first-order chi connectivity index (χ1) is 15.4. The van der Waals surface area contributed by atoms with Crippen LogP contribution in [0, 0.1) is 11.3 Å². The van der Waals surface area contributed by atoms with E-state index in [1.54, 1.807) is 0 Å². The summed E-state index contributed by atoms with van der Waals surface area (Å²) < 4.78 is 90.9. The van der Waals surface area contributed by atoms with Gasteiger partial charge in [0.25, 0.3) is 0 Å². The van der Waals surface area contributed by atoms with E-state index in [4.69, 9.17) is 14.7 Å². The van der Waals surface area contributed by atoms with E-state index in [0.29, 0.717) is 22.4 Å². The molecule has 1 amide bonds. The van der Waals surface area contributed by atoms with E-state index >= 15 is 0 Å². The molecule has 1 aliphatic heterocycles. The van der Waals surface area contributed by atoms with Crippen LogP contribution in [0.3, 0.4) is 0 Å². The Hall–Kier alpha value is -3.46. The molecule has 0 aliphatic carbocycles. The zero-order chi connectivity index (χ0) is 24.4. The molecule has 1 saturated heterocycles. The molecule has 0 saturated carbocycles. The van der Waals surface area contributed by atoms with Gasteiger partial charge < -0.3 is 19.7 Å². The number of anilines is 2. The number of ether oxygens (including phenoxy) is 2. The monoisotopic (exact) mass is 473 g/mol. The number of nitriles is 1. The van der Waals surface area contributed by atoms with Gasteiger partial charge >= 0.3 is 12.4 Å². The zero-order valence-corrected chi connectivity index (χ0v) is 17.0. The second-order valence-electron chi connectivity index (χ2n) is 7.16. The Labute approximate surface area is 184 Å². The molecule has 2 aromatic rings. The number of amides is 1. The summed E-state index contributed by atoms with van der Waals surface area (Å²) in [5.41, 5.74) is -1.91. The molecule has 0 spiro atoms. The van der Waals surface area contributed by atoms with Gasteiger partial charge in [0.1, 0.15) is 18.5 Å². The van der Waals surface area contributed by atoms with Gasteiger partial charge in [-0.1, -0.05) is 0 Å². The Morgan fingerprint density at radius 3 is 2.39 bits per heavy atom. The smallest absolute Gasteiger partial charge is 0.433 e. The molecule has 1 fully saturated rings.